The van der Waals surface area contributed by atoms with Crippen molar-refractivity contribution in [2.75, 3.05) is 6.54 Å². The van der Waals surface area contributed by atoms with E-state index in [1.165, 1.54) is 38.5 Å². The summed E-state index contributed by atoms with van der Waals surface area (Å²) in [4.78, 5) is 17.8. The van der Waals surface area contributed by atoms with Crippen LogP contribution in [0.5, 0.6) is 0 Å². The predicted octanol–water partition coefficient (Wildman–Crippen LogP) is 3.98. The third kappa shape index (κ3) is 2.88. The van der Waals surface area contributed by atoms with Crippen molar-refractivity contribution in [3.63, 3.8) is 0 Å². The Bertz CT molecular complexity index is 1060. The van der Waals surface area contributed by atoms with Gasteiger partial charge in [0, 0.05) is 18.4 Å². The van der Waals surface area contributed by atoms with Crippen molar-refractivity contribution >= 4 is 11.6 Å². The summed E-state index contributed by atoms with van der Waals surface area (Å²) >= 11 is 0. The fourth-order valence-electron chi connectivity index (χ4n) is 6.73. The van der Waals surface area contributed by atoms with Gasteiger partial charge in [-0.05, 0) is 86.8 Å². The first-order chi connectivity index (χ1) is 14.1. The molecule has 4 fully saturated rings. The van der Waals surface area contributed by atoms with E-state index in [9.17, 15) is 4.79 Å². The van der Waals surface area contributed by atoms with Crippen molar-refractivity contribution in [3.8, 4) is 11.4 Å². The Labute approximate surface area is 170 Å². The zero-order valence-corrected chi connectivity index (χ0v) is 16.8. The van der Waals surface area contributed by atoms with Gasteiger partial charge in [-0.25, -0.2) is 4.98 Å². The maximum absolute atomic E-state index is 13.1. The molecule has 4 bridgehead atoms. The minimum absolute atomic E-state index is 0.00602. The second-order valence-corrected chi connectivity index (χ2v) is 9.80. The lowest BCUT2D eigenvalue weighted by atomic mass is 9.49. The van der Waals surface area contributed by atoms with Gasteiger partial charge in [-0.3, -0.25) is 14.3 Å². The topological polar surface area (TPSA) is 75.1 Å². The second kappa shape index (κ2) is 6.18. The van der Waals surface area contributed by atoms with Gasteiger partial charge in [0.2, 0.25) is 0 Å². The molecule has 3 aromatic rings. The Kier molecular flexibility index (Phi) is 3.68. The highest BCUT2D eigenvalue weighted by Gasteiger charge is 2.50. The number of amides is 1. The van der Waals surface area contributed by atoms with Crippen molar-refractivity contribution in [2.45, 2.75) is 45.4 Å². The Balaban J connectivity index is 1.25. The molecule has 2 N–H and O–H groups in total. The Morgan fingerprint density at radius 2 is 1.90 bits per heavy atom. The highest BCUT2D eigenvalue weighted by Crippen LogP contribution is 2.59. The van der Waals surface area contributed by atoms with Crippen LogP contribution in [0.25, 0.3) is 17.0 Å². The van der Waals surface area contributed by atoms with Gasteiger partial charge in [-0.1, -0.05) is 6.07 Å². The molecule has 0 radical (unpaired) electrons. The molecule has 4 aliphatic rings. The van der Waals surface area contributed by atoms with Crippen LogP contribution in [0, 0.1) is 30.1 Å². The van der Waals surface area contributed by atoms with E-state index in [0.29, 0.717) is 11.1 Å². The minimum atomic E-state index is -0.00602. The highest BCUT2D eigenvalue weighted by atomic mass is 16.1. The number of carbonyl (C=O) groups is 1. The summed E-state index contributed by atoms with van der Waals surface area (Å²) < 4.78 is 1.88. The lowest BCUT2D eigenvalue weighted by Crippen LogP contribution is -2.51. The van der Waals surface area contributed by atoms with Crippen LogP contribution < -0.4 is 5.32 Å². The molecule has 150 valence electrons. The molecule has 0 saturated heterocycles. The molecule has 0 spiro atoms. The molecule has 6 nitrogen and oxygen atoms in total. The van der Waals surface area contributed by atoms with Gasteiger partial charge in [0.15, 0.2) is 0 Å². The molecular formula is C23H27N5O. The van der Waals surface area contributed by atoms with E-state index in [-0.39, 0.29) is 5.91 Å². The first kappa shape index (κ1) is 17.2. The average Bonchev–Trinajstić information content (AvgIpc) is 3.31. The maximum atomic E-state index is 13.1. The third-order valence-corrected chi connectivity index (χ3v) is 7.48. The van der Waals surface area contributed by atoms with Crippen LogP contribution in [-0.2, 0) is 0 Å². The van der Waals surface area contributed by atoms with Crippen LogP contribution in [0.4, 0.5) is 0 Å². The first-order valence-corrected chi connectivity index (χ1v) is 10.9. The van der Waals surface area contributed by atoms with Crippen LogP contribution in [-0.4, -0.2) is 32.0 Å². The number of nitrogens with zero attached hydrogens (tertiary/aromatic N) is 3. The summed E-state index contributed by atoms with van der Waals surface area (Å²) in [5, 5.41) is 10.5. The van der Waals surface area contributed by atoms with E-state index >= 15 is 0 Å². The van der Waals surface area contributed by atoms with Crippen molar-refractivity contribution < 1.29 is 4.79 Å². The average molecular weight is 390 g/mol. The summed E-state index contributed by atoms with van der Waals surface area (Å²) in [5.74, 6) is 2.69. The Morgan fingerprint density at radius 3 is 2.55 bits per heavy atom. The van der Waals surface area contributed by atoms with Gasteiger partial charge in [0.25, 0.3) is 5.91 Å². The number of aryl methyl sites for hydroxylation is 1. The molecule has 6 heteroatoms. The zero-order valence-electron chi connectivity index (χ0n) is 16.8. The summed E-state index contributed by atoms with van der Waals surface area (Å²) in [6, 6.07) is 7.68. The Hall–Kier alpha value is -2.63. The van der Waals surface area contributed by atoms with Crippen LogP contribution in [0.3, 0.4) is 0 Å². The SMILES string of the molecule is Cc1cc(-c2cn3c(C(=O)NCC45CC6CC(CC(C6)C4)C5)cccc3n2)n[nH]1. The molecule has 0 atom stereocenters. The number of imidazole rings is 1. The standard InChI is InChI=1S/C23H27N5O/c1-14-5-18(27-26-14)19-12-28-20(3-2-4-21(28)25-19)22(29)24-13-23-9-15-6-16(10-23)8-17(7-15)11-23/h2-5,12,15-17H,6-11,13H2,1H3,(H,24,29)(H,26,27). The lowest BCUT2D eigenvalue weighted by molar-refractivity contribution is -0.0503. The molecule has 4 saturated carbocycles. The molecule has 0 unspecified atom stereocenters. The number of hydrogen-bond acceptors (Lipinski definition) is 3. The summed E-state index contributed by atoms with van der Waals surface area (Å²) in [6.45, 7) is 2.78. The van der Waals surface area contributed by atoms with Crippen molar-refractivity contribution in [1.82, 2.24) is 24.9 Å². The molecule has 3 heterocycles. The molecule has 0 aliphatic heterocycles. The van der Waals surface area contributed by atoms with Gasteiger partial charge in [0.1, 0.15) is 22.7 Å². The van der Waals surface area contributed by atoms with Gasteiger partial charge in [-0.15, -0.1) is 0 Å². The Morgan fingerprint density at radius 1 is 1.17 bits per heavy atom. The lowest BCUT2D eigenvalue weighted by Gasteiger charge is -2.56. The van der Waals surface area contributed by atoms with Gasteiger partial charge >= 0.3 is 0 Å². The molecule has 4 aliphatic carbocycles. The number of pyridine rings is 1. The molecule has 29 heavy (non-hydrogen) atoms. The number of aromatic amines is 1. The fraction of sp³-hybridized carbons (Fsp3) is 0.522. The van der Waals surface area contributed by atoms with Crippen molar-refractivity contribution in [3.05, 3.63) is 41.9 Å². The number of fused-ring (bicyclic) bond motifs is 1. The monoisotopic (exact) mass is 389 g/mol. The predicted molar refractivity (Wildman–Crippen MR) is 110 cm³/mol. The van der Waals surface area contributed by atoms with Gasteiger partial charge in [-0.2, -0.15) is 5.10 Å². The minimum Gasteiger partial charge on any atom is -0.350 e. The first-order valence-electron chi connectivity index (χ1n) is 10.9. The maximum Gasteiger partial charge on any atom is 0.268 e. The van der Waals surface area contributed by atoms with Crippen LogP contribution in [0.15, 0.2) is 30.5 Å². The second-order valence-electron chi connectivity index (χ2n) is 9.80. The van der Waals surface area contributed by atoms with E-state index in [0.717, 1.165) is 47.0 Å². The fourth-order valence-corrected chi connectivity index (χ4v) is 6.73. The summed E-state index contributed by atoms with van der Waals surface area (Å²) in [7, 11) is 0. The molecule has 7 rings (SSSR count). The van der Waals surface area contributed by atoms with E-state index in [4.69, 9.17) is 0 Å². The van der Waals surface area contributed by atoms with Crippen LogP contribution in [0.2, 0.25) is 0 Å². The molecule has 0 aromatic carbocycles. The van der Waals surface area contributed by atoms with Crippen LogP contribution in [0.1, 0.15) is 54.7 Å². The van der Waals surface area contributed by atoms with Gasteiger partial charge in [0.05, 0.1) is 0 Å². The smallest absolute Gasteiger partial charge is 0.268 e. The zero-order chi connectivity index (χ0) is 19.6. The number of aromatic nitrogens is 4. The van der Waals surface area contributed by atoms with Crippen LogP contribution >= 0.6 is 0 Å². The van der Waals surface area contributed by atoms with E-state index < -0.39 is 0 Å². The third-order valence-electron chi connectivity index (χ3n) is 7.48. The number of nitrogens with one attached hydrogen (secondary N) is 2. The summed E-state index contributed by atoms with van der Waals surface area (Å²) in [5.41, 5.74) is 4.30. The van der Waals surface area contributed by atoms with Gasteiger partial charge < -0.3 is 5.32 Å². The van der Waals surface area contributed by atoms with E-state index in [2.05, 4.69) is 20.5 Å². The quantitative estimate of drug-likeness (QED) is 0.709. The normalized spacial score (nSPS) is 30.2. The molecule has 1 amide bonds. The molecular weight excluding hydrogens is 362 g/mol. The van der Waals surface area contributed by atoms with E-state index in [1.54, 1.807) is 0 Å². The van der Waals surface area contributed by atoms with E-state index in [1.807, 2.05) is 41.8 Å². The number of rotatable bonds is 4. The summed E-state index contributed by atoms with van der Waals surface area (Å²) in [6.07, 6.45) is 10.1. The number of carbonyl (C=O) groups excluding carboxylic acids is 1. The highest BCUT2D eigenvalue weighted by molar-refractivity contribution is 5.93. The number of H-pyrrole nitrogens is 1. The molecule has 3 aromatic heterocycles. The largest absolute Gasteiger partial charge is 0.350 e. The van der Waals surface area contributed by atoms with Crippen molar-refractivity contribution in [1.29, 1.82) is 0 Å². The number of hydrogen-bond donors (Lipinski definition) is 2. The van der Waals surface area contributed by atoms with Crippen molar-refractivity contribution in [2.24, 2.45) is 23.2 Å².